The van der Waals surface area contributed by atoms with Gasteiger partial charge in [-0.3, -0.25) is 0 Å². The van der Waals surface area contributed by atoms with Crippen molar-refractivity contribution in [2.75, 3.05) is 0 Å². The summed E-state index contributed by atoms with van der Waals surface area (Å²) in [6, 6.07) is -0.194. The number of aryl methyl sites for hydroxylation is 1. The molecule has 0 radical (unpaired) electrons. The van der Waals surface area contributed by atoms with Crippen molar-refractivity contribution < 1.29 is 4.52 Å². The molecule has 1 aromatic heterocycles. The lowest BCUT2D eigenvalue weighted by Gasteiger charge is -2.23. The van der Waals surface area contributed by atoms with Crippen LogP contribution in [0.3, 0.4) is 0 Å². The van der Waals surface area contributed by atoms with Crippen molar-refractivity contribution in [1.29, 1.82) is 0 Å². The lowest BCUT2D eigenvalue weighted by atomic mass is 9.87. The van der Waals surface area contributed by atoms with Gasteiger partial charge in [-0.2, -0.15) is 4.98 Å². The van der Waals surface area contributed by atoms with Crippen molar-refractivity contribution in [1.82, 2.24) is 10.1 Å². The Labute approximate surface area is 91.2 Å². The van der Waals surface area contributed by atoms with E-state index in [0.29, 0.717) is 5.89 Å². The molecule has 15 heavy (non-hydrogen) atoms. The maximum Gasteiger partial charge on any atom is 0.244 e. The molecule has 1 rings (SSSR count). The second-order valence-corrected chi connectivity index (χ2v) is 5.00. The summed E-state index contributed by atoms with van der Waals surface area (Å²) in [6.07, 6.45) is 3.09. The third kappa shape index (κ3) is 3.30. The predicted molar refractivity (Wildman–Crippen MR) is 59.3 cm³/mol. The van der Waals surface area contributed by atoms with Crippen LogP contribution in [-0.2, 0) is 6.42 Å². The number of nitrogens with zero attached hydrogens (tertiary/aromatic N) is 2. The summed E-state index contributed by atoms with van der Waals surface area (Å²) in [5, 5.41) is 3.92. The molecule has 1 aromatic rings. The molecule has 0 saturated carbocycles. The minimum absolute atomic E-state index is 0.0471. The highest BCUT2D eigenvalue weighted by Gasteiger charge is 2.27. The quantitative estimate of drug-likeness (QED) is 0.830. The van der Waals surface area contributed by atoms with Crippen LogP contribution < -0.4 is 5.73 Å². The molecule has 0 bridgehead atoms. The second-order valence-electron chi connectivity index (χ2n) is 5.00. The first-order valence-electron chi connectivity index (χ1n) is 5.53. The van der Waals surface area contributed by atoms with Crippen molar-refractivity contribution >= 4 is 0 Å². The Balaban J connectivity index is 2.67. The van der Waals surface area contributed by atoms with Gasteiger partial charge in [-0.05, 0) is 11.8 Å². The van der Waals surface area contributed by atoms with Gasteiger partial charge in [0.05, 0.1) is 6.04 Å². The average Bonchev–Trinajstić information content (AvgIpc) is 2.60. The summed E-state index contributed by atoms with van der Waals surface area (Å²) in [4.78, 5) is 4.31. The van der Waals surface area contributed by atoms with E-state index in [9.17, 15) is 0 Å². The smallest absolute Gasteiger partial charge is 0.244 e. The van der Waals surface area contributed by atoms with Gasteiger partial charge in [-0.1, -0.05) is 39.3 Å². The molecule has 0 spiro atoms. The van der Waals surface area contributed by atoms with Crippen molar-refractivity contribution in [2.45, 2.75) is 53.0 Å². The van der Waals surface area contributed by atoms with Crippen LogP contribution in [0, 0.1) is 5.41 Å². The Morgan fingerprint density at radius 1 is 1.40 bits per heavy atom. The molecule has 4 heteroatoms. The van der Waals surface area contributed by atoms with E-state index in [-0.39, 0.29) is 11.5 Å². The first-order valence-corrected chi connectivity index (χ1v) is 5.53. The van der Waals surface area contributed by atoms with E-state index in [1.165, 1.54) is 0 Å². The molecular formula is C11H21N3O. The zero-order chi connectivity index (χ0) is 11.5. The summed E-state index contributed by atoms with van der Waals surface area (Å²) in [5.74, 6) is 1.32. The van der Waals surface area contributed by atoms with Gasteiger partial charge in [0.2, 0.25) is 5.89 Å². The van der Waals surface area contributed by atoms with E-state index in [2.05, 4.69) is 37.8 Å². The van der Waals surface area contributed by atoms with E-state index in [0.717, 1.165) is 25.1 Å². The largest absolute Gasteiger partial charge is 0.338 e. The highest BCUT2D eigenvalue weighted by Crippen LogP contribution is 2.29. The second kappa shape index (κ2) is 4.75. The maximum absolute atomic E-state index is 6.02. The van der Waals surface area contributed by atoms with E-state index in [4.69, 9.17) is 10.3 Å². The molecule has 0 saturated heterocycles. The van der Waals surface area contributed by atoms with Crippen LogP contribution in [0.5, 0.6) is 0 Å². The maximum atomic E-state index is 6.02. The summed E-state index contributed by atoms with van der Waals surface area (Å²) >= 11 is 0. The third-order valence-electron chi connectivity index (χ3n) is 2.44. The normalized spacial score (nSPS) is 14.2. The monoisotopic (exact) mass is 211 g/mol. The van der Waals surface area contributed by atoms with E-state index in [1.54, 1.807) is 0 Å². The molecule has 4 nitrogen and oxygen atoms in total. The van der Waals surface area contributed by atoms with Gasteiger partial charge in [0, 0.05) is 6.42 Å². The topological polar surface area (TPSA) is 64.9 Å². The number of aromatic nitrogens is 2. The number of rotatable bonds is 4. The SMILES string of the molecule is CCCCc1noc([C@H](N)C(C)(C)C)n1. The molecule has 0 unspecified atom stereocenters. The molecule has 86 valence electrons. The Kier molecular flexibility index (Phi) is 3.85. The standard InChI is InChI=1S/C11H21N3O/c1-5-6-7-8-13-10(15-14-8)9(12)11(2,3)4/h9H,5-7,12H2,1-4H3/t9-/m0/s1. The Morgan fingerprint density at radius 2 is 2.07 bits per heavy atom. The van der Waals surface area contributed by atoms with Gasteiger partial charge in [0.25, 0.3) is 0 Å². The Morgan fingerprint density at radius 3 is 2.60 bits per heavy atom. The van der Waals surface area contributed by atoms with Gasteiger partial charge in [-0.25, -0.2) is 0 Å². The van der Waals surface area contributed by atoms with Crippen LogP contribution in [0.2, 0.25) is 0 Å². The van der Waals surface area contributed by atoms with Crippen LogP contribution in [-0.4, -0.2) is 10.1 Å². The molecular weight excluding hydrogens is 190 g/mol. The molecule has 0 fully saturated rings. The summed E-state index contributed by atoms with van der Waals surface area (Å²) in [7, 11) is 0. The van der Waals surface area contributed by atoms with Crippen molar-refractivity contribution in [3.63, 3.8) is 0 Å². The van der Waals surface area contributed by atoms with Crippen LogP contribution in [0.1, 0.15) is 58.3 Å². The van der Waals surface area contributed by atoms with Gasteiger partial charge < -0.3 is 10.3 Å². The number of nitrogens with two attached hydrogens (primary N) is 1. The van der Waals surface area contributed by atoms with Crippen LogP contribution in [0.4, 0.5) is 0 Å². The predicted octanol–water partition coefficient (Wildman–Crippen LogP) is 2.46. The Hall–Kier alpha value is -0.900. The first kappa shape index (κ1) is 12.2. The highest BCUT2D eigenvalue weighted by atomic mass is 16.5. The molecule has 2 N–H and O–H groups in total. The zero-order valence-electron chi connectivity index (χ0n) is 10.1. The number of hydrogen-bond acceptors (Lipinski definition) is 4. The number of unbranched alkanes of at least 4 members (excludes halogenated alkanes) is 1. The van der Waals surface area contributed by atoms with Crippen molar-refractivity contribution in [3.05, 3.63) is 11.7 Å². The molecule has 0 aliphatic carbocycles. The van der Waals surface area contributed by atoms with Gasteiger partial charge >= 0.3 is 0 Å². The Bertz CT molecular complexity index is 301. The van der Waals surface area contributed by atoms with Gasteiger partial charge in [0.15, 0.2) is 5.82 Å². The molecule has 0 aliphatic heterocycles. The summed E-state index contributed by atoms with van der Waals surface area (Å²) < 4.78 is 5.16. The first-order chi connectivity index (χ1) is 6.95. The lowest BCUT2D eigenvalue weighted by molar-refractivity contribution is 0.252. The fourth-order valence-corrected chi connectivity index (χ4v) is 1.20. The molecule has 1 heterocycles. The summed E-state index contributed by atoms with van der Waals surface area (Å²) in [5.41, 5.74) is 5.97. The van der Waals surface area contributed by atoms with Gasteiger partial charge in [0.1, 0.15) is 0 Å². The minimum atomic E-state index is -0.194. The molecule has 1 atom stereocenters. The van der Waals surface area contributed by atoms with E-state index in [1.807, 2.05) is 0 Å². The van der Waals surface area contributed by atoms with Crippen LogP contribution in [0.25, 0.3) is 0 Å². The molecule has 0 amide bonds. The highest BCUT2D eigenvalue weighted by molar-refractivity contribution is 4.96. The van der Waals surface area contributed by atoms with Crippen molar-refractivity contribution in [2.24, 2.45) is 11.1 Å². The number of hydrogen-bond donors (Lipinski definition) is 1. The third-order valence-corrected chi connectivity index (χ3v) is 2.44. The molecule has 0 aliphatic rings. The van der Waals surface area contributed by atoms with E-state index < -0.39 is 0 Å². The zero-order valence-corrected chi connectivity index (χ0v) is 10.1. The van der Waals surface area contributed by atoms with Gasteiger partial charge in [-0.15, -0.1) is 0 Å². The lowest BCUT2D eigenvalue weighted by Crippen LogP contribution is -2.26. The fraction of sp³-hybridized carbons (Fsp3) is 0.818. The fourth-order valence-electron chi connectivity index (χ4n) is 1.20. The van der Waals surface area contributed by atoms with Crippen molar-refractivity contribution in [3.8, 4) is 0 Å². The van der Waals surface area contributed by atoms with Crippen LogP contribution >= 0.6 is 0 Å². The van der Waals surface area contributed by atoms with E-state index >= 15 is 0 Å². The summed E-state index contributed by atoms with van der Waals surface area (Å²) in [6.45, 7) is 8.33. The van der Waals surface area contributed by atoms with Crippen LogP contribution in [0.15, 0.2) is 4.52 Å². The molecule has 0 aromatic carbocycles. The minimum Gasteiger partial charge on any atom is -0.338 e. The average molecular weight is 211 g/mol.